The molecule has 4 aromatic rings. The van der Waals surface area contributed by atoms with Crippen LogP contribution in [0.5, 0.6) is 0 Å². The second-order valence-corrected chi connectivity index (χ2v) is 5.81. The number of hydrogen-bond acceptors (Lipinski definition) is 4. The summed E-state index contributed by atoms with van der Waals surface area (Å²) in [5.41, 5.74) is 9.80. The fraction of sp³-hybridized carbons (Fsp3) is 0. The number of aromatic nitrogens is 3. The van der Waals surface area contributed by atoms with E-state index >= 15 is 0 Å². The number of allylic oxidation sites excluding steroid dienone is 1. The SMILES string of the molecule is N/C(=C(\C(=O)c1ccccc1)n1nnc2ccccc21)c1ccccc1. The smallest absolute Gasteiger partial charge is 0.213 e. The van der Waals surface area contributed by atoms with Crippen LogP contribution in [0.2, 0.25) is 0 Å². The Morgan fingerprint density at radius 1 is 0.769 bits per heavy atom. The van der Waals surface area contributed by atoms with Crippen LogP contribution in [0.15, 0.2) is 84.9 Å². The molecule has 0 amide bonds. The first kappa shape index (κ1) is 15.8. The average Bonchev–Trinajstić information content (AvgIpc) is 3.13. The van der Waals surface area contributed by atoms with Gasteiger partial charge in [0.25, 0.3) is 0 Å². The first-order chi connectivity index (χ1) is 12.8. The van der Waals surface area contributed by atoms with Crippen LogP contribution >= 0.6 is 0 Å². The summed E-state index contributed by atoms with van der Waals surface area (Å²) < 4.78 is 1.52. The molecule has 0 saturated carbocycles. The lowest BCUT2D eigenvalue weighted by molar-refractivity contribution is 0.105. The monoisotopic (exact) mass is 340 g/mol. The van der Waals surface area contributed by atoms with E-state index in [1.54, 1.807) is 12.1 Å². The zero-order valence-electron chi connectivity index (χ0n) is 13.9. The summed E-state index contributed by atoms with van der Waals surface area (Å²) in [6.45, 7) is 0. The molecule has 2 N–H and O–H groups in total. The van der Waals surface area contributed by atoms with Crippen LogP contribution in [0.25, 0.3) is 22.4 Å². The van der Waals surface area contributed by atoms with Crippen molar-refractivity contribution >= 4 is 28.2 Å². The maximum absolute atomic E-state index is 13.3. The quantitative estimate of drug-likeness (QED) is 0.455. The predicted octanol–water partition coefficient (Wildman–Crippen LogP) is 3.60. The Balaban J connectivity index is 1.97. The minimum atomic E-state index is -0.206. The van der Waals surface area contributed by atoms with Crippen LogP contribution in [0.4, 0.5) is 0 Å². The van der Waals surface area contributed by atoms with E-state index in [2.05, 4.69) is 10.3 Å². The molecule has 0 aliphatic carbocycles. The van der Waals surface area contributed by atoms with Crippen molar-refractivity contribution in [3.05, 3.63) is 96.1 Å². The summed E-state index contributed by atoms with van der Waals surface area (Å²) >= 11 is 0. The van der Waals surface area contributed by atoms with Crippen LogP contribution < -0.4 is 5.73 Å². The Morgan fingerprint density at radius 2 is 1.35 bits per heavy atom. The van der Waals surface area contributed by atoms with Crippen molar-refractivity contribution in [2.75, 3.05) is 0 Å². The highest BCUT2D eigenvalue weighted by molar-refractivity contribution is 6.30. The van der Waals surface area contributed by atoms with E-state index in [-0.39, 0.29) is 11.5 Å². The van der Waals surface area contributed by atoms with Crippen LogP contribution in [-0.2, 0) is 0 Å². The number of carbonyl (C=O) groups excluding carboxylic acids is 1. The largest absolute Gasteiger partial charge is 0.396 e. The lowest BCUT2D eigenvalue weighted by atomic mass is 10.0. The number of para-hydroxylation sites is 1. The standard InChI is InChI=1S/C21H16N4O/c22-19(15-9-3-1-4-10-15)20(21(26)16-11-5-2-6-12-16)25-18-14-8-7-13-17(18)23-24-25/h1-14H,22H2/b20-19+. The summed E-state index contributed by atoms with van der Waals surface area (Å²) in [6, 6.07) is 25.9. The van der Waals surface area contributed by atoms with Gasteiger partial charge in [-0.05, 0) is 17.7 Å². The predicted molar refractivity (Wildman–Crippen MR) is 102 cm³/mol. The van der Waals surface area contributed by atoms with E-state index in [1.165, 1.54) is 4.68 Å². The van der Waals surface area contributed by atoms with E-state index in [4.69, 9.17) is 5.73 Å². The number of carbonyl (C=O) groups is 1. The van der Waals surface area contributed by atoms with Crippen LogP contribution in [0.3, 0.4) is 0 Å². The van der Waals surface area contributed by atoms with E-state index in [0.717, 1.165) is 11.1 Å². The molecule has 4 rings (SSSR count). The van der Waals surface area contributed by atoms with E-state index in [0.29, 0.717) is 16.8 Å². The molecule has 1 heterocycles. The summed E-state index contributed by atoms with van der Waals surface area (Å²) in [5, 5.41) is 8.36. The molecule has 3 aromatic carbocycles. The van der Waals surface area contributed by atoms with Gasteiger partial charge in [-0.15, -0.1) is 5.10 Å². The number of ketones is 1. The van der Waals surface area contributed by atoms with Crippen LogP contribution in [0, 0.1) is 0 Å². The van der Waals surface area contributed by atoms with Crippen molar-refractivity contribution in [1.82, 2.24) is 15.0 Å². The fourth-order valence-electron chi connectivity index (χ4n) is 2.85. The van der Waals surface area contributed by atoms with Crippen molar-refractivity contribution in [3.8, 4) is 0 Å². The third-order valence-corrected chi connectivity index (χ3v) is 4.15. The Morgan fingerprint density at radius 3 is 2.04 bits per heavy atom. The third-order valence-electron chi connectivity index (χ3n) is 4.15. The summed E-state index contributed by atoms with van der Waals surface area (Å²) in [6.07, 6.45) is 0. The van der Waals surface area contributed by atoms with Crippen LogP contribution in [0.1, 0.15) is 15.9 Å². The summed E-state index contributed by atoms with van der Waals surface area (Å²) in [7, 11) is 0. The number of nitrogens with two attached hydrogens (primary N) is 1. The van der Waals surface area contributed by atoms with Gasteiger partial charge in [-0.3, -0.25) is 4.79 Å². The van der Waals surface area contributed by atoms with Gasteiger partial charge in [0.2, 0.25) is 5.78 Å². The van der Waals surface area contributed by atoms with Crippen molar-refractivity contribution in [2.45, 2.75) is 0 Å². The maximum atomic E-state index is 13.3. The molecule has 0 unspecified atom stereocenters. The van der Waals surface area contributed by atoms with Crippen molar-refractivity contribution in [2.24, 2.45) is 5.73 Å². The van der Waals surface area contributed by atoms with Gasteiger partial charge in [0, 0.05) is 5.56 Å². The second-order valence-electron chi connectivity index (χ2n) is 5.81. The molecule has 0 saturated heterocycles. The first-order valence-electron chi connectivity index (χ1n) is 8.21. The highest BCUT2D eigenvalue weighted by Crippen LogP contribution is 2.24. The molecule has 1 aromatic heterocycles. The number of hydrogen-bond donors (Lipinski definition) is 1. The molecular weight excluding hydrogens is 324 g/mol. The minimum absolute atomic E-state index is 0.206. The highest BCUT2D eigenvalue weighted by Gasteiger charge is 2.22. The van der Waals surface area contributed by atoms with Gasteiger partial charge < -0.3 is 5.73 Å². The Labute approximate surface area is 150 Å². The molecule has 0 spiro atoms. The van der Waals surface area contributed by atoms with Crippen LogP contribution in [-0.4, -0.2) is 20.8 Å². The number of nitrogens with zero attached hydrogens (tertiary/aromatic N) is 3. The lowest BCUT2D eigenvalue weighted by Gasteiger charge is -2.12. The second kappa shape index (κ2) is 6.64. The summed E-state index contributed by atoms with van der Waals surface area (Å²) in [5.74, 6) is -0.206. The van der Waals surface area contributed by atoms with Crippen molar-refractivity contribution in [3.63, 3.8) is 0 Å². The summed E-state index contributed by atoms with van der Waals surface area (Å²) in [4.78, 5) is 13.3. The van der Waals surface area contributed by atoms with Gasteiger partial charge in [-0.2, -0.15) is 0 Å². The number of benzene rings is 3. The first-order valence-corrected chi connectivity index (χ1v) is 8.21. The zero-order chi connectivity index (χ0) is 17.9. The average molecular weight is 340 g/mol. The molecular formula is C21H16N4O. The topological polar surface area (TPSA) is 73.8 Å². The van der Waals surface area contributed by atoms with E-state index in [1.807, 2.05) is 72.8 Å². The molecule has 0 aliphatic heterocycles. The molecule has 5 nitrogen and oxygen atoms in total. The Hall–Kier alpha value is -3.73. The molecule has 26 heavy (non-hydrogen) atoms. The Bertz CT molecular complexity index is 1100. The zero-order valence-corrected chi connectivity index (χ0v) is 13.9. The maximum Gasteiger partial charge on any atom is 0.213 e. The number of rotatable bonds is 4. The Kier molecular flexibility index (Phi) is 4.03. The lowest BCUT2D eigenvalue weighted by Crippen LogP contribution is -2.16. The van der Waals surface area contributed by atoms with Gasteiger partial charge in [-0.25, -0.2) is 4.68 Å². The van der Waals surface area contributed by atoms with Gasteiger partial charge in [0.1, 0.15) is 11.2 Å². The molecule has 0 aliphatic rings. The van der Waals surface area contributed by atoms with E-state index in [9.17, 15) is 4.79 Å². The molecule has 0 atom stereocenters. The number of Topliss-reactive ketones (excluding diaryl/α,β-unsaturated/α-hetero) is 1. The number of fused-ring (bicyclic) bond motifs is 1. The minimum Gasteiger partial charge on any atom is -0.396 e. The van der Waals surface area contributed by atoms with Gasteiger partial charge in [0.15, 0.2) is 0 Å². The normalized spacial score (nSPS) is 12.0. The third kappa shape index (κ3) is 2.75. The molecule has 0 radical (unpaired) electrons. The van der Waals surface area contributed by atoms with Gasteiger partial charge in [0.05, 0.1) is 11.2 Å². The van der Waals surface area contributed by atoms with E-state index < -0.39 is 0 Å². The van der Waals surface area contributed by atoms with Gasteiger partial charge in [-0.1, -0.05) is 78.0 Å². The fourth-order valence-corrected chi connectivity index (χ4v) is 2.85. The van der Waals surface area contributed by atoms with Gasteiger partial charge >= 0.3 is 0 Å². The van der Waals surface area contributed by atoms with Crippen molar-refractivity contribution < 1.29 is 4.79 Å². The molecule has 126 valence electrons. The highest BCUT2D eigenvalue weighted by atomic mass is 16.1. The van der Waals surface area contributed by atoms with Crippen molar-refractivity contribution in [1.29, 1.82) is 0 Å². The molecule has 5 heteroatoms. The molecule has 0 bridgehead atoms. The molecule has 0 fully saturated rings.